The third-order valence-electron chi connectivity index (χ3n) is 3.93. The molecule has 0 aliphatic carbocycles. The Balaban J connectivity index is 1.97. The Morgan fingerprint density at radius 1 is 1.38 bits per heavy atom. The smallest absolute Gasteiger partial charge is 0.343 e. The molecule has 146 valence electrons. The van der Waals surface area contributed by atoms with Gasteiger partial charge in [0.25, 0.3) is 0 Å². The van der Waals surface area contributed by atoms with E-state index in [4.69, 9.17) is 16.3 Å². The van der Waals surface area contributed by atoms with E-state index in [2.05, 4.69) is 19.3 Å². The standard InChI is InChI=1S/C18H11ClFN5O3S/c1-2-28-17(27)11-8-25(16-10(13(11)26)6-12(20)14(19)22-16)18-23-15(24-29-18)9-4-3-5-21-7-9/h3-8H,2H2,1H3. The number of rotatable bonds is 4. The third-order valence-corrected chi connectivity index (χ3v) is 4.91. The number of carbonyl (C=O) groups excluding carboxylic acids is 1. The molecule has 29 heavy (non-hydrogen) atoms. The zero-order valence-corrected chi connectivity index (χ0v) is 16.4. The molecule has 0 unspecified atom stereocenters. The van der Waals surface area contributed by atoms with E-state index in [0.29, 0.717) is 16.5 Å². The average molecular weight is 432 g/mol. The average Bonchev–Trinajstić information content (AvgIpc) is 3.21. The minimum absolute atomic E-state index is 0.0448. The van der Waals surface area contributed by atoms with E-state index in [1.165, 1.54) is 10.8 Å². The minimum atomic E-state index is -0.878. The van der Waals surface area contributed by atoms with Crippen LogP contribution in [0.15, 0.2) is 41.6 Å². The molecule has 0 bridgehead atoms. The Hall–Kier alpha value is -3.24. The molecule has 0 aliphatic rings. The molecular formula is C18H11ClFN5O3S. The largest absolute Gasteiger partial charge is 0.462 e. The lowest BCUT2D eigenvalue weighted by molar-refractivity contribution is 0.0524. The Morgan fingerprint density at radius 2 is 2.21 bits per heavy atom. The van der Waals surface area contributed by atoms with E-state index in [9.17, 15) is 14.0 Å². The van der Waals surface area contributed by atoms with Gasteiger partial charge in [-0.05, 0) is 25.1 Å². The second kappa shape index (κ2) is 7.64. The summed E-state index contributed by atoms with van der Waals surface area (Å²) >= 11 is 6.82. The van der Waals surface area contributed by atoms with Gasteiger partial charge in [-0.15, -0.1) is 0 Å². The highest BCUT2D eigenvalue weighted by Crippen LogP contribution is 2.24. The Kier molecular flexibility index (Phi) is 5.03. The molecule has 0 amide bonds. The number of esters is 1. The van der Waals surface area contributed by atoms with Crippen molar-refractivity contribution in [1.82, 2.24) is 23.9 Å². The summed E-state index contributed by atoms with van der Waals surface area (Å²) in [6.45, 7) is 1.69. The lowest BCUT2D eigenvalue weighted by Crippen LogP contribution is -2.21. The van der Waals surface area contributed by atoms with Crippen LogP contribution in [0.3, 0.4) is 0 Å². The molecular weight excluding hydrogens is 421 g/mol. The molecule has 0 aliphatic heterocycles. The predicted octanol–water partition coefficient (Wildman–Crippen LogP) is 3.27. The number of nitrogens with zero attached hydrogens (tertiary/aromatic N) is 5. The summed E-state index contributed by atoms with van der Waals surface area (Å²) in [5.41, 5.74) is -0.262. The topological polar surface area (TPSA) is 99.9 Å². The Morgan fingerprint density at radius 3 is 2.93 bits per heavy atom. The van der Waals surface area contributed by atoms with Crippen LogP contribution in [0.5, 0.6) is 0 Å². The van der Waals surface area contributed by atoms with Gasteiger partial charge in [0.1, 0.15) is 5.56 Å². The van der Waals surface area contributed by atoms with Crippen molar-refractivity contribution in [2.45, 2.75) is 6.92 Å². The molecule has 4 heterocycles. The molecule has 11 heteroatoms. The maximum absolute atomic E-state index is 14.0. The molecule has 4 aromatic heterocycles. The SMILES string of the molecule is CCOC(=O)c1cn(-c2nc(-c3cccnc3)ns2)c2nc(Cl)c(F)cc2c1=O. The van der Waals surface area contributed by atoms with Crippen molar-refractivity contribution in [1.29, 1.82) is 0 Å². The lowest BCUT2D eigenvalue weighted by Gasteiger charge is -2.10. The third kappa shape index (κ3) is 3.47. The van der Waals surface area contributed by atoms with Gasteiger partial charge in [-0.3, -0.25) is 14.3 Å². The van der Waals surface area contributed by atoms with E-state index in [1.54, 1.807) is 31.5 Å². The number of pyridine rings is 3. The summed E-state index contributed by atoms with van der Waals surface area (Å²) in [7, 11) is 0. The van der Waals surface area contributed by atoms with E-state index < -0.39 is 22.4 Å². The fourth-order valence-electron chi connectivity index (χ4n) is 2.63. The van der Waals surface area contributed by atoms with Gasteiger partial charge in [-0.2, -0.15) is 9.36 Å². The van der Waals surface area contributed by atoms with E-state index in [1.807, 2.05) is 0 Å². The second-order valence-electron chi connectivity index (χ2n) is 5.74. The first-order valence-electron chi connectivity index (χ1n) is 8.32. The van der Waals surface area contributed by atoms with E-state index >= 15 is 0 Å². The number of ether oxygens (including phenoxy) is 1. The Labute approximate surface area is 171 Å². The van der Waals surface area contributed by atoms with Gasteiger partial charge in [0, 0.05) is 35.7 Å². The van der Waals surface area contributed by atoms with Crippen LogP contribution >= 0.6 is 23.1 Å². The van der Waals surface area contributed by atoms with Crippen LogP contribution in [-0.4, -0.2) is 36.5 Å². The van der Waals surface area contributed by atoms with Crippen molar-refractivity contribution < 1.29 is 13.9 Å². The summed E-state index contributed by atoms with van der Waals surface area (Å²) < 4.78 is 24.6. The maximum Gasteiger partial charge on any atom is 0.343 e. The molecule has 8 nitrogen and oxygen atoms in total. The highest BCUT2D eigenvalue weighted by atomic mass is 35.5. The van der Waals surface area contributed by atoms with Crippen molar-refractivity contribution in [3.8, 4) is 16.5 Å². The van der Waals surface area contributed by atoms with Crippen molar-refractivity contribution in [3.63, 3.8) is 0 Å². The molecule has 4 aromatic rings. The molecule has 0 atom stereocenters. The van der Waals surface area contributed by atoms with Gasteiger partial charge >= 0.3 is 5.97 Å². The van der Waals surface area contributed by atoms with Gasteiger partial charge in [-0.25, -0.2) is 14.2 Å². The molecule has 0 N–H and O–H groups in total. The van der Waals surface area contributed by atoms with Crippen LogP contribution in [0.1, 0.15) is 17.3 Å². The molecule has 0 aromatic carbocycles. The van der Waals surface area contributed by atoms with Crippen LogP contribution in [-0.2, 0) is 4.74 Å². The molecule has 0 spiro atoms. The highest BCUT2D eigenvalue weighted by molar-refractivity contribution is 7.08. The number of aromatic nitrogens is 5. The maximum atomic E-state index is 14.0. The fraction of sp³-hybridized carbons (Fsp3) is 0.111. The number of hydrogen-bond donors (Lipinski definition) is 0. The molecule has 0 radical (unpaired) electrons. The quantitative estimate of drug-likeness (QED) is 0.361. The summed E-state index contributed by atoms with van der Waals surface area (Å²) in [6.07, 6.45) is 4.47. The van der Waals surface area contributed by atoms with Gasteiger partial charge in [0.2, 0.25) is 10.6 Å². The number of fused-ring (bicyclic) bond motifs is 1. The normalized spacial score (nSPS) is 11.0. The van der Waals surface area contributed by atoms with Crippen LogP contribution in [0.2, 0.25) is 5.15 Å². The fourth-order valence-corrected chi connectivity index (χ4v) is 3.43. The molecule has 0 saturated carbocycles. The second-order valence-corrected chi connectivity index (χ2v) is 6.83. The van der Waals surface area contributed by atoms with E-state index in [0.717, 1.165) is 17.6 Å². The van der Waals surface area contributed by atoms with E-state index in [-0.39, 0.29) is 23.2 Å². The number of carbonyl (C=O) groups is 1. The van der Waals surface area contributed by atoms with Crippen LogP contribution in [0, 0.1) is 5.82 Å². The summed E-state index contributed by atoms with van der Waals surface area (Å²) in [6, 6.07) is 4.47. The summed E-state index contributed by atoms with van der Waals surface area (Å²) in [5, 5.41) is -0.239. The van der Waals surface area contributed by atoms with Gasteiger partial charge in [0.05, 0.1) is 12.0 Å². The van der Waals surface area contributed by atoms with Gasteiger partial charge in [0.15, 0.2) is 22.4 Å². The minimum Gasteiger partial charge on any atom is -0.462 e. The van der Waals surface area contributed by atoms with Crippen molar-refractivity contribution >= 4 is 40.1 Å². The van der Waals surface area contributed by atoms with Gasteiger partial charge in [-0.1, -0.05) is 11.6 Å². The monoisotopic (exact) mass is 431 g/mol. The lowest BCUT2D eigenvalue weighted by atomic mass is 10.2. The number of halogens is 2. The van der Waals surface area contributed by atoms with Crippen molar-refractivity contribution in [3.05, 3.63) is 63.5 Å². The first-order chi connectivity index (χ1) is 14.0. The number of hydrogen-bond acceptors (Lipinski definition) is 8. The van der Waals surface area contributed by atoms with Gasteiger partial charge < -0.3 is 4.74 Å². The predicted molar refractivity (Wildman–Crippen MR) is 105 cm³/mol. The first kappa shape index (κ1) is 19.1. The highest BCUT2D eigenvalue weighted by Gasteiger charge is 2.21. The van der Waals surface area contributed by atoms with Crippen LogP contribution in [0.4, 0.5) is 4.39 Å². The Bertz CT molecular complexity index is 1290. The zero-order valence-electron chi connectivity index (χ0n) is 14.8. The van der Waals surface area contributed by atoms with Crippen molar-refractivity contribution in [2.24, 2.45) is 0 Å². The molecule has 0 saturated heterocycles. The first-order valence-corrected chi connectivity index (χ1v) is 9.47. The van der Waals surface area contributed by atoms with Crippen LogP contribution < -0.4 is 5.43 Å². The van der Waals surface area contributed by atoms with Crippen LogP contribution in [0.25, 0.3) is 27.6 Å². The summed E-state index contributed by atoms with van der Waals surface area (Å²) in [5.74, 6) is -1.31. The summed E-state index contributed by atoms with van der Waals surface area (Å²) in [4.78, 5) is 37.4. The molecule has 0 fully saturated rings. The molecule has 4 rings (SSSR count). The van der Waals surface area contributed by atoms with Crippen molar-refractivity contribution in [2.75, 3.05) is 6.61 Å². The zero-order chi connectivity index (χ0) is 20.5.